The van der Waals surface area contributed by atoms with Crippen LogP contribution in [0.15, 0.2) is 77.3 Å². The first-order valence-electron chi connectivity index (χ1n) is 10.3. The van der Waals surface area contributed by atoms with Crippen molar-refractivity contribution in [3.63, 3.8) is 0 Å². The van der Waals surface area contributed by atoms with Gasteiger partial charge in [-0.15, -0.1) is 0 Å². The van der Waals surface area contributed by atoms with E-state index < -0.39 is 0 Å². The molecule has 0 aromatic heterocycles. The Hall–Kier alpha value is -2.67. The first-order valence-corrected chi connectivity index (χ1v) is 11.1. The predicted molar refractivity (Wildman–Crippen MR) is 125 cm³/mol. The second-order valence-electron chi connectivity index (χ2n) is 7.46. The van der Waals surface area contributed by atoms with Crippen molar-refractivity contribution in [3.05, 3.63) is 94.0 Å². The number of amides is 1. The lowest BCUT2D eigenvalue weighted by atomic mass is 10.1. The van der Waals surface area contributed by atoms with E-state index in [1.807, 2.05) is 66.7 Å². The van der Waals surface area contributed by atoms with Gasteiger partial charge in [-0.2, -0.15) is 0 Å². The molecule has 0 saturated carbocycles. The second kappa shape index (κ2) is 10.6. The normalized spacial score (nSPS) is 14.2. The van der Waals surface area contributed by atoms with E-state index in [0.717, 1.165) is 54.3 Å². The Balaban J connectivity index is 1.33. The summed E-state index contributed by atoms with van der Waals surface area (Å²) in [5.41, 5.74) is 3.60. The van der Waals surface area contributed by atoms with Crippen molar-refractivity contribution in [2.75, 3.05) is 31.6 Å². The largest absolute Gasteiger partial charge is 0.488 e. The summed E-state index contributed by atoms with van der Waals surface area (Å²) >= 11 is 3.48. The molecule has 1 aliphatic rings. The van der Waals surface area contributed by atoms with Crippen molar-refractivity contribution in [2.24, 2.45) is 0 Å². The van der Waals surface area contributed by atoms with Crippen LogP contribution in [-0.2, 0) is 17.9 Å². The maximum atomic E-state index is 12.7. The van der Waals surface area contributed by atoms with Gasteiger partial charge in [0.1, 0.15) is 12.4 Å². The van der Waals surface area contributed by atoms with Crippen LogP contribution in [0.25, 0.3) is 0 Å². The maximum Gasteiger partial charge on any atom is 0.255 e. The van der Waals surface area contributed by atoms with Gasteiger partial charge in [-0.25, -0.2) is 0 Å². The number of anilines is 1. The number of benzene rings is 3. The van der Waals surface area contributed by atoms with Gasteiger partial charge in [0.25, 0.3) is 5.91 Å². The van der Waals surface area contributed by atoms with E-state index in [4.69, 9.17) is 9.47 Å². The monoisotopic (exact) mass is 480 g/mol. The number of hydrogen-bond donors (Lipinski definition) is 1. The van der Waals surface area contributed by atoms with E-state index in [9.17, 15) is 4.79 Å². The number of rotatable bonds is 7. The quantitative estimate of drug-likeness (QED) is 0.510. The molecule has 6 heteroatoms. The van der Waals surface area contributed by atoms with Crippen molar-refractivity contribution >= 4 is 27.5 Å². The molecular weight excluding hydrogens is 456 g/mol. The number of nitrogens with one attached hydrogen (secondary N) is 1. The van der Waals surface area contributed by atoms with Crippen LogP contribution in [0.1, 0.15) is 21.5 Å². The zero-order valence-corrected chi connectivity index (χ0v) is 18.8. The van der Waals surface area contributed by atoms with Gasteiger partial charge in [-0.3, -0.25) is 9.69 Å². The van der Waals surface area contributed by atoms with Crippen LogP contribution in [0.3, 0.4) is 0 Å². The number of halogens is 1. The predicted octanol–water partition coefficient (Wildman–Crippen LogP) is 5.11. The van der Waals surface area contributed by atoms with Gasteiger partial charge in [0.2, 0.25) is 0 Å². The molecule has 0 bridgehead atoms. The van der Waals surface area contributed by atoms with Gasteiger partial charge in [0.05, 0.1) is 17.7 Å². The summed E-state index contributed by atoms with van der Waals surface area (Å²) in [5.74, 6) is 0.670. The van der Waals surface area contributed by atoms with Crippen molar-refractivity contribution in [2.45, 2.75) is 13.2 Å². The average molecular weight is 481 g/mol. The molecule has 1 N–H and O–H groups in total. The smallest absolute Gasteiger partial charge is 0.255 e. The van der Waals surface area contributed by atoms with Crippen molar-refractivity contribution < 1.29 is 14.3 Å². The number of nitrogens with zero attached hydrogens (tertiary/aromatic N) is 1. The lowest BCUT2D eigenvalue weighted by molar-refractivity contribution is 0.0342. The summed E-state index contributed by atoms with van der Waals surface area (Å²) in [4.78, 5) is 15.0. The van der Waals surface area contributed by atoms with E-state index in [1.165, 1.54) is 5.56 Å². The minimum Gasteiger partial charge on any atom is -0.488 e. The lowest BCUT2D eigenvalue weighted by Crippen LogP contribution is -2.35. The number of carbonyl (C=O) groups excluding carboxylic acids is 1. The highest BCUT2D eigenvalue weighted by molar-refractivity contribution is 9.10. The van der Waals surface area contributed by atoms with Gasteiger partial charge in [-0.05, 0) is 63.5 Å². The molecule has 3 aromatic rings. The zero-order valence-electron chi connectivity index (χ0n) is 17.2. The van der Waals surface area contributed by atoms with Crippen LogP contribution in [-0.4, -0.2) is 37.1 Å². The molecule has 0 radical (unpaired) electrons. The van der Waals surface area contributed by atoms with Crippen LogP contribution in [0, 0.1) is 0 Å². The Morgan fingerprint density at radius 3 is 2.52 bits per heavy atom. The van der Waals surface area contributed by atoms with Crippen LogP contribution in [0.4, 0.5) is 5.69 Å². The lowest BCUT2D eigenvalue weighted by Gasteiger charge is -2.26. The number of para-hydroxylation sites is 1. The van der Waals surface area contributed by atoms with Crippen LogP contribution >= 0.6 is 15.9 Å². The number of morpholine rings is 1. The molecule has 31 heavy (non-hydrogen) atoms. The number of ether oxygens (including phenoxy) is 2. The van der Waals surface area contributed by atoms with Crippen molar-refractivity contribution in [1.82, 2.24) is 4.90 Å². The molecule has 4 rings (SSSR count). The molecule has 1 fully saturated rings. The molecule has 3 aromatic carbocycles. The van der Waals surface area contributed by atoms with Gasteiger partial charge < -0.3 is 14.8 Å². The fourth-order valence-corrected chi connectivity index (χ4v) is 3.84. The van der Waals surface area contributed by atoms with Gasteiger partial charge >= 0.3 is 0 Å². The average Bonchev–Trinajstić information content (AvgIpc) is 2.80. The molecular formula is C25H25BrN2O3. The summed E-state index contributed by atoms with van der Waals surface area (Å²) in [6.45, 7) is 4.73. The third-order valence-corrected chi connectivity index (χ3v) is 5.80. The zero-order chi connectivity index (χ0) is 21.5. The third kappa shape index (κ3) is 6.17. The van der Waals surface area contributed by atoms with Crippen molar-refractivity contribution in [3.8, 4) is 5.75 Å². The Morgan fingerprint density at radius 2 is 1.74 bits per heavy atom. The SMILES string of the molecule is O=C(Nc1cccc(CN2CCOCC2)c1)c1ccc(COc2ccccc2Br)cc1. The second-order valence-corrected chi connectivity index (χ2v) is 8.31. The van der Waals surface area contributed by atoms with Gasteiger partial charge in [0.15, 0.2) is 0 Å². The van der Waals surface area contributed by atoms with E-state index >= 15 is 0 Å². The van der Waals surface area contributed by atoms with E-state index in [2.05, 4.69) is 32.2 Å². The topological polar surface area (TPSA) is 50.8 Å². The molecule has 0 aliphatic carbocycles. The van der Waals surface area contributed by atoms with Crippen LogP contribution in [0.5, 0.6) is 5.75 Å². The molecule has 1 amide bonds. The number of hydrogen-bond acceptors (Lipinski definition) is 4. The highest BCUT2D eigenvalue weighted by Crippen LogP contribution is 2.24. The van der Waals surface area contributed by atoms with Gasteiger partial charge in [-0.1, -0.05) is 36.4 Å². The fourth-order valence-electron chi connectivity index (χ4n) is 3.44. The molecule has 0 atom stereocenters. The minimum atomic E-state index is -0.123. The molecule has 1 saturated heterocycles. The first-order chi connectivity index (χ1) is 15.2. The maximum absolute atomic E-state index is 12.7. The molecule has 1 aliphatic heterocycles. The minimum absolute atomic E-state index is 0.123. The molecule has 0 unspecified atom stereocenters. The standard InChI is InChI=1S/C25H25BrN2O3/c26-23-6-1-2-7-24(23)31-18-19-8-10-21(11-9-19)25(29)27-22-5-3-4-20(16-22)17-28-12-14-30-15-13-28/h1-11,16H,12-15,17-18H2,(H,27,29). The molecule has 1 heterocycles. The van der Waals surface area contributed by atoms with Crippen LogP contribution < -0.4 is 10.1 Å². The highest BCUT2D eigenvalue weighted by Gasteiger charge is 2.12. The van der Waals surface area contributed by atoms with E-state index in [1.54, 1.807) is 0 Å². The summed E-state index contributed by atoms with van der Waals surface area (Å²) in [7, 11) is 0. The first kappa shape index (κ1) is 21.6. The van der Waals surface area contributed by atoms with Crippen molar-refractivity contribution in [1.29, 1.82) is 0 Å². The number of carbonyl (C=O) groups is 1. The Morgan fingerprint density at radius 1 is 0.968 bits per heavy atom. The summed E-state index contributed by atoms with van der Waals surface area (Å²) in [5, 5.41) is 3.00. The Bertz CT molecular complexity index is 1020. The van der Waals surface area contributed by atoms with E-state index in [0.29, 0.717) is 12.2 Å². The summed E-state index contributed by atoms with van der Waals surface area (Å²) < 4.78 is 12.2. The fraction of sp³-hybridized carbons (Fsp3) is 0.240. The third-order valence-electron chi connectivity index (χ3n) is 5.14. The Kier molecular flexibility index (Phi) is 7.35. The molecule has 5 nitrogen and oxygen atoms in total. The highest BCUT2D eigenvalue weighted by atomic mass is 79.9. The molecule has 160 valence electrons. The van der Waals surface area contributed by atoms with Crippen LogP contribution in [0.2, 0.25) is 0 Å². The van der Waals surface area contributed by atoms with Gasteiger partial charge in [0, 0.05) is 30.9 Å². The molecule has 0 spiro atoms. The summed E-state index contributed by atoms with van der Waals surface area (Å²) in [6, 6.07) is 23.2. The summed E-state index contributed by atoms with van der Waals surface area (Å²) in [6.07, 6.45) is 0. The Labute approximate surface area is 191 Å². The van der Waals surface area contributed by atoms with E-state index in [-0.39, 0.29) is 5.91 Å².